The lowest BCUT2D eigenvalue weighted by atomic mass is 10.3. The van der Waals surface area contributed by atoms with Crippen molar-refractivity contribution in [2.75, 3.05) is 6.61 Å². The van der Waals surface area contributed by atoms with E-state index in [1.165, 1.54) is 0 Å². The van der Waals surface area contributed by atoms with E-state index in [0.29, 0.717) is 0 Å². The first-order valence-electron chi connectivity index (χ1n) is 4.45. The van der Waals surface area contributed by atoms with E-state index in [2.05, 4.69) is 19.9 Å². The van der Waals surface area contributed by atoms with Crippen LogP contribution in [-0.4, -0.2) is 40.0 Å². The fourth-order valence-electron chi connectivity index (χ4n) is 0.891. The lowest BCUT2D eigenvalue weighted by Gasteiger charge is -2.16. The van der Waals surface area contributed by atoms with Crippen molar-refractivity contribution in [2.45, 2.75) is 12.3 Å². The first-order chi connectivity index (χ1) is 8.38. The summed E-state index contributed by atoms with van der Waals surface area (Å²) in [6.07, 6.45) is -1.91. The third-order valence-electron chi connectivity index (χ3n) is 1.78. The van der Waals surface area contributed by atoms with Crippen molar-refractivity contribution in [2.24, 2.45) is 10.9 Å². The largest absolute Gasteiger partial charge is 0.470 e. The highest BCUT2D eigenvalue weighted by Gasteiger charge is 2.42. The van der Waals surface area contributed by atoms with E-state index < -0.39 is 30.7 Å². The standard InChI is InChI=1S/C8H8F4N4O2/c9-7(10)8(11,12)2-18-6-4(5(13)16-17)1-14-3-15-6/h1,3,7,17H,2H2,(H2,13,16). The van der Waals surface area contributed by atoms with Gasteiger partial charge in [-0.1, -0.05) is 5.16 Å². The van der Waals surface area contributed by atoms with Crippen molar-refractivity contribution in [3.8, 4) is 5.88 Å². The average molecular weight is 268 g/mol. The van der Waals surface area contributed by atoms with Crippen LogP contribution < -0.4 is 10.5 Å². The van der Waals surface area contributed by atoms with Gasteiger partial charge in [-0.05, 0) is 0 Å². The molecular formula is C8H8F4N4O2. The number of hydrogen-bond acceptors (Lipinski definition) is 5. The Morgan fingerprint density at radius 1 is 1.56 bits per heavy atom. The number of hydrogen-bond donors (Lipinski definition) is 2. The van der Waals surface area contributed by atoms with Crippen LogP contribution in [0.1, 0.15) is 5.56 Å². The second-order valence-corrected chi connectivity index (χ2v) is 3.08. The number of halogens is 4. The molecule has 1 heterocycles. The summed E-state index contributed by atoms with van der Waals surface area (Å²) in [7, 11) is 0. The van der Waals surface area contributed by atoms with Gasteiger partial charge in [-0.25, -0.2) is 18.7 Å². The summed E-state index contributed by atoms with van der Waals surface area (Å²) < 4.78 is 53.4. The van der Waals surface area contributed by atoms with Crippen molar-refractivity contribution in [1.82, 2.24) is 9.97 Å². The summed E-state index contributed by atoms with van der Waals surface area (Å²) in [4.78, 5) is 6.92. The van der Waals surface area contributed by atoms with Crippen LogP contribution in [0, 0.1) is 0 Å². The fourth-order valence-corrected chi connectivity index (χ4v) is 0.891. The molecule has 0 unspecified atom stereocenters. The maximum atomic E-state index is 12.6. The summed E-state index contributed by atoms with van der Waals surface area (Å²) >= 11 is 0. The highest BCUT2D eigenvalue weighted by Crippen LogP contribution is 2.24. The number of rotatable bonds is 5. The zero-order valence-corrected chi connectivity index (χ0v) is 8.73. The van der Waals surface area contributed by atoms with E-state index >= 15 is 0 Å². The minimum absolute atomic E-state index is 0.190. The van der Waals surface area contributed by atoms with Crippen LogP contribution in [0.25, 0.3) is 0 Å². The van der Waals surface area contributed by atoms with Gasteiger partial charge in [0, 0.05) is 6.20 Å². The molecule has 0 fully saturated rings. The first-order valence-corrected chi connectivity index (χ1v) is 4.45. The van der Waals surface area contributed by atoms with E-state index in [4.69, 9.17) is 10.9 Å². The van der Waals surface area contributed by atoms with Crippen molar-refractivity contribution in [3.63, 3.8) is 0 Å². The van der Waals surface area contributed by atoms with E-state index in [9.17, 15) is 17.6 Å². The number of amidine groups is 1. The molecule has 0 spiro atoms. The molecule has 0 saturated carbocycles. The van der Waals surface area contributed by atoms with Gasteiger partial charge in [0.2, 0.25) is 5.88 Å². The molecule has 18 heavy (non-hydrogen) atoms. The third-order valence-corrected chi connectivity index (χ3v) is 1.78. The van der Waals surface area contributed by atoms with Gasteiger partial charge in [0.25, 0.3) is 0 Å². The number of nitrogens with zero attached hydrogens (tertiary/aromatic N) is 3. The third kappa shape index (κ3) is 3.18. The Kier molecular flexibility index (Phi) is 4.23. The molecule has 0 amide bonds. The zero-order valence-electron chi connectivity index (χ0n) is 8.73. The van der Waals surface area contributed by atoms with Crippen molar-refractivity contribution >= 4 is 5.84 Å². The predicted molar refractivity (Wildman–Crippen MR) is 51.0 cm³/mol. The molecule has 0 bridgehead atoms. The highest BCUT2D eigenvalue weighted by atomic mass is 19.3. The van der Waals surface area contributed by atoms with Gasteiger partial charge in [-0.3, -0.25) is 0 Å². The Labute approximate surface area is 98.1 Å². The van der Waals surface area contributed by atoms with Gasteiger partial charge in [0.1, 0.15) is 11.9 Å². The van der Waals surface area contributed by atoms with Crippen molar-refractivity contribution in [1.29, 1.82) is 0 Å². The molecule has 6 nitrogen and oxygen atoms in total. The van der Waals surface area contributed by atoms with Gasteiger partial charge in [0.05, 0.1) is 0 Å². The molecule has 1 aromatic rings. The van der Waals surface area contributed by atoms with Crippen LogP contribution in [0.15, 0.2) is 17.7 Å². The van der Waals surface area contributed by atoms with E-state index in [0.717, 1.165) is 12.5 Å². The Morgan fingerprint density at radius 3 is 2.78 bits per heavy atom. The summed E-state index contributed by atoms with van der Waals surface area (Å²) in [5.74, 6) is -5.31. The molecule has 0 radical (unpaired) electrons. The van der Waals surface area contributed by atoms with Crippen molar-refractivity contribution < 1.29 is 27.5 Å². The summed E-state index contributed by atoms with van der Waals surface area (Å²) in [5, 5.41) is 11.0. The molecule has 0 aliphatic rings. The first kappa shape index (κ1) is 13.9. The van der Waals surface area contributed by atoms with E-state index in [1.54, 1.807) is 0 Å². The van der Waals surface area contributed by atoms with Gasteiger partial charge in [-0.15, -0.1) is 0 Å². The maximum Gasteiger partial charge on any atom is 0.340 e. The summed E-state index contributed by atoms with van der Waals surface area (Å²) in [6, 6.07) is 0. The average Bonchev–Trinajstić information content (AvgIpc) is 2.35. The number of aromatic nitrogens is 2. The molecule has 0 aliphatic carbocycles. The van der Waals surface area contributed by atoms with Crippen LogP contribution in [0.2, 0.25) is 0 Å². The quantitative estimate of drug-likeness (QED) is 0.271. The number of ether oxygens (including phenoxy) is 1. The SMILES string of the molecule is NC(=NO)c1cncnc1OCC(F)(F)C(F)F. The molecule has 0 aromatic carbocycles. The van der Waals surface area contributed by atoms with Crippen LogP contribution in [0.3, 0.4) is 0 Å². The van der Waals surface area contributed by atoms with Crippen molar-refractivity contribution in [3.05, 3.63) is 18.1 Å². The monoisotopic (exact) mass is 268 g/mol. The van der Waals surface area contributed by atoms with Gasteiger partial charge in [-0.2, -0.15) is 8.78 Å². The van der Waals surface area contributed by atoms with Crippen LogP contribution >= 0.6 is 0 Å². The molecule has 0 aliphatic heterocycles. The predicted octanol–water partition coefficient (Wildman–Crippen LogP) is 0.850. The molecular weight excluding hydrogens is 260 g/mol. The molecule has 3 N–H and O–H groups in total. The second kappa shape index (κ2) is 5.47. The van der Waals surface area contributed by atoms with E-state index in [-0.39, 0.29) is 5.56 Å². The molecule has 1 rings (SSSR count). The van der Waals surface area contributed by atoms with E-state index in [1.807, 2.05) is 0 Å². The van der Waals surface area contributed by atoms with Gasteiger partial charge in [0.15, 0.2) is 12.4 Å². The van der Waals surface area contributed by atoms with Gasteiger partial charge < -0.3 is 15.7 Å². The Morgan fingerprint density at radius 2 is 2.22 bits per heavy atom. The molecule has 0 saturated heterocycles. The lowest BCUT2D eigenvalue weighted by Crippen LogP contribution is -2.34. The number of oxime groups is 1. The Balaban J connectivity index is 2.86. The minimum atomic E-state index is -4.33. The molecule has 10 heteroatoms. The van der Waals surface area contributed by atoms with Crippen LogP contribution in [0.5, 0.6) is 5.88 Å². The Hall–Kier alpha value is -2.13. The molecule has 0 atom stereocenters. The zero-order chi connectivity index (χ0) is 13.8. The summed E-state index contributed by atoms with van der Waals surface area (Å²) in [6.45, 7) is -1.59. The minimum Gasteiger partial charge on any atom is -0.470 e. The van der Waals surface area contributed by atoms with Gasteiger partial charge >= 0.3 is 12.3 Å². The molecule has 1 aromatic heterocycles. The topological polar surface area (TPSA) is 93.6 Å². The highest BCUT2D eigenvalue weighted by molar-refractivity contribution is 5.98. The lowest BCUT2D eigenvalue weighted by molar-refractivity contribution is -0.148. The van der Waals surface area contributed by atoms with Crippen LogP contribution in [0.4, 0.5) is 17.6 Å². The number of nitrogens with two attached hydrogens (primary N) is 1. The Bertz CT molecular complexity index is 441. The second-order valence-electron chi connectivity index (χ2n) is 3.08. The fraction of sp³-hybridized carbons (Fsp3) is 0.375. The number of alkyl halides is 4. The maximum absolute atomic E-state index is 12.6. The summed E-state index contributed by atoms with van der Waals surface area (Å²) in [5.41, 5.74) is 5.01. The van der Waals surface area contributed by atoms with Crippen LogP contribution in [-0.2, 0) is 0 Å². The smallest absolute Gasteiger partial charge is 0.340 e. The normalized spacial score (nSPS) is 12.8. The molecule has 100 valence electrons.